The van der Waals surface area contributed by atoms with E-state index in [4.69, 9.17) is 4.74 Å². The molecular formula is C24H29N3O5S. The number of morpholine rings is 1. The van der Waals surface area contributed by atoms with Crippen LogP contribution in [-0.4, -0.2) is 62.3 Å². The first kappa shape index (κ1) is 23.4. The molecule has 0 aromatic heterocycles. The molecule has 2 heterocycles. The maximum absolute atomic E-state index is 13.0. The summed E-state index contributed by atoms with van der Waals surface area (Å²) >= 11 is 0. The number of nitrogens with zero attached hydrogens (tertiary/aromatic N) is 2. The number of aryl methyl sites for hydroxylation is 2. The summed E-state index contributed by atoms with van der Waals surface area (Å²) in [7, 11) is -3.67. The molecule has 2 aliphatic heterocycles. The number of rotatable bonds is 6. The molecule has 2 aliphatic rings. The maximum Gasteiger partial charge on any atom is 0.243 e. The van der Waals surface area contributed by atoms with Gasteiger partial charge in [0.15, 0.2) is 0 Å². The summed E-state index contributed by atoms with van der Waals surface area (Å²) in [6, 6.07) is 12.7. The van der Waals surface area contributed by atoms with Crippen LogP contribution in [0.2, 0.25) is 0 Å². The van der Waals surface area contributed by atoms with Gasteiger partial charge in [0.25, 0.3) is 0 Å². The molecule has 2 amide bonds. The molecule has 9 heteroatoms. The Bertz CT molecular complexity index is 1140. The number of carbonyl (C=O) groups excluding carboxylic acids is 2. The molecule has 2 saturated heterocycles. The summed E-state index contributed by atoms with van der Waals surface area (Å²) in [4.78, 5) is 27.3. The van der Waals surface area contributed by atoms with E-state index in [0.29, 0.717) is 45.1 Å². The zero-order valence-electron chi connectivity index (χ0n) is 18.9. The third-order valence-electron chi connectivity index (χ3n) is 6.15. The van der Waals surface area contributed by atoms with Crippen molar-refractivity contribution >= 4 is 27.5 Å². The second-order valence-corrected chi connectivity index (χ2v) is 10.6. The number of nitrogens with one attached hydrogen (secondary N) is 1. The van der Waals surface area contributed by atoms with Crippen molar-refractivity contribution in [1.82, 2.24) is 9.21 Å². The largest absolute Gasteiger partial charge is 0.379 e. The van der Waals surface area contributed by atoms with Crippen molar-refractivity contribution in [2.24, 2.45) is 5.92 Å². The molecule has 0 saturated carbocycles. The lowest BCUT2D eigenvalue weighted by Crippen LogP contribution is -2.40. The van der Waals surface area contributed by atoms with Crippen LogP contribution < -0.4 is 5.32 Å². The zero-order valence-corrected chi connectivity index (χ0v) is 19.7. The molecule has 2 fully saturated rings. The third-order valence-corrected chi connectivity index (χ3v) is 8.05. The van der Waals surface area contributed by atoms with Gasteiger partial charge in [0.1, 0.15) is 0 Å². The fourth-order valence-corrected chi connectivity index (χ4v) is 5.52. The van der Waals surface area contributed by atoms with Crippen molar-refractivity contribution in [3.63, 3.8) is 0 Å². The number of ether oxygens (including phenoxy) is 1. The Morgan fingerprint density at radius 1 is 1.09 bits per heavy atom. The second kappa shape index (κ2) is 9.62. The zero-order chi connectivity index (χ0) is 23.6. The molecule has 0 spiro atoms. The topological polar surface area (TPSA) is 96.0 Å². The highest BCUT2D eigenvalue weighted by molar-refractivity contribution is 7.89. The van der Waals surface area contributed by atoms with E-state index in [1.807, 2.05) is 38.1 Å². The molecule has 2 aromatic rings. The summed E-state index contributed by atoms with van der Waals surface area (Å²) in [5, 5.41) is 2.85. The van der Waals surface area contributed by atoms with Gasteiger partial charge in [-0.15, -0.1) is 0 Å². The molecule has 0 aliphatic carbocycles. The van der Waals surface area contributed by atoms with Crippen molar-refractivity contribution in [2.75, 3.05) is 38.2 Å². The Balaban J connectivity index is 1.44. The fourth-order valence-electron chi connectivity index (χ4n) is 4.08. The van der Waals surface area contributed by atoms with Crippen molar-refractivity contribution in [1.29, 1.82) is 0 Å². The van der Waals surface area contributed by atoms with Crippen LogP contribution >= 0.6 is 0 Å². The highest BCUT2D eigenvalue weighted by atomic mass is 32.2. The number of amides is 2. The first-order valence-corrected chi connectivity index (χ1v) is 12.5. The van der Waals surface area contributed by atoms with Crippen LogP contribution in [0.1, 0.15) is 23.1 Å². The normalized spacial score (nSPS) is 19.6. The van der Waals surface area contributed by atoms with E-state index in [1.54, 1.807) is 17.0 Å². The predicted molar refractivity (Wildman–Crippen MR) is 124 cm³/mol. The Kier molecular flexibility index (Phi) is 6.83. The van der Waals surface area contributed by atoms with Crippen LogP contribution in [-0.2, 0) is 30.9 Å². The standard InChI is InChI=1S/C24H29N3O5S/c1-17-3-6-19(7-4-17)15-26-16-20(13-23(26)28)24(29)25-22-14-21(8-5-18(22)2)33(30,31)27-9-11-32-12-10-27/h3-8,14,20H,9-13,15-16H2,1-2H3,(H,25,29). The molecule has 8 nitrogen and oxygen atoms in total. The smallest absolute Gasteiger partial charge is 0.243 e. The summed E-state index contributed by atoms with van der Waals surface area (Å²) in [5.74, 6) is -0.822. The van der Waals surface area contributed by atoms with E-state index >= 15 is 0 Å². The van der Waals surface area contributed by atoms with Gasteiger partial charge in [-0.1, -0.05) is 35.9 Å². The number of anilines is 1. The average Bonchev–Trinajstić information content (AvgIpc) is 3.17. The molecule has 1 unspecified atom stereocenters. The Morgan fingerprint density at radius 3 is 2.48 bits per heavy atom. The summed E-state index contributed by atoms with van der Waals surface area (Å²) in [6.45, 7) is 5.96. The predicted octanol–water partition coefficient (Wildman–Crippen LogP) is 2.31. The summed E-state index contributed by atoms with van der Waals surface area (Å²) in [6.07, 6.45) is 0.141. The molecular weight excluding hydrogens is 442 g/mol. The quantitative estimate of drug-likeness (QED) is 0.698. The summed E-state index contributed by atoms with van der Waals surface area (Å²) < 4.78 is 32.6. The minimum Gasteiger partial charge on any atom is -0.379 e. The number of hydrogen-bond donors (Lipinski definition) is 1. The van der Waals surface area contributed by atoms with Crippen LogP contribution in [0.4, 0.5) is 5.69 Å². The second-order valence-electron chi connectivity index (χ2n) is 8.64. The number of carbonyl (C=O) groups is 2. The monoisotopic (exact) mass is 471 g/mol. The van der Waals surface area contributed by atoms with Crippen molar-refractivity contribution in [2.45, 2.75) is 31.7 Å². The van der Waals surface area contributed by atoms with E-state index in [2.05, 4.69) is 5.32 Å². The van der Waals surface area contributed by atoms with Crippen LogP contribution in [0.5, 0.6) is 0 Å². The average molecular weight is 472 g/mol. The van der Waals surface area contributed by atoms with Crippen LogP contribution in [0.3, 0.4) is 0 Å². The lowest BCUT2D eigenvalue weighted by atomic mass is 10.1. The number of hydrogen-bond acceptors (Lipinski definition) is 5. The number of likely N-dealkylation sites (tertiary alicyclic amines) is 1. The van der Waals surface area contributed by atoms with Gasteiger partial charge in [-0.05, 0) is 37.1 Å². The van der Waals surface area contributed by atoms with Crippen LogP contribution in [0.15, 0.2) is 47.4 Å². The minimum atomic E-state index is -3.67. The Morgan fingerprint density at radius 2 is 1.79 bits per heavy atom. The Labute approximate surface area is 194 Å². The van der Waals surface area contributed by atoms with E-state index in [0.717, 1.165) is 16.7 Å². The van der Waals surface area contributed by atoms with Gasteiger partial charge >= 0.3 is 0 Å². The van der Waals surface area contributed by atoms with Crippen molar-refractivity contribution in [3.8, 4) is 0 Å². The number of sulfonamides is 1. The molecule has 176 valence electrons. The van der Waals surface area contributed by atoms with Crippen molar-refractivity contribution < 1.29 is 22.7 Å². The lowest BCUT2D eigenvalue weighted by Gasteiger charge is -2.26. The molecule has 1 atom stereocenters. The SMILES string of the molecule is Cc1ccc(CN2CC(C(=O)Nc3cc(S(=O)(=O)N4CCOCC4)ccc3C)CC2=O)cc1. The molecule has 2 aromatic carbocycles. The highest BCUT2D eigenvalue weighted by Gasteiger charge is 2.34. The van der Waals surface area contributed by atoms with Gasteiger partial charge in [0.05, 0.1) is 24.0 Å². The molecule has 1 N–H and O–H groups in total. The van der Waals surface area contributed by atoms with Gasteiger partial charge in [-0.2, -0.15) is 4.31 Å². The highest BCUT2D eigenvalue weighted by Crippen LogP contribution is 2.26. The van der Waals surface area contributed by atoms with E-state index < -0.39 is 15.9 Å². The first-order chi connectivity index (χ1) is 15.7. The molecule has 33 heavy (non-hydrogen) atoms. The van der Waals surface area contributed by atoms with Crippen LogP contribution in [0.25, 0.3) is 0 Å². The molecule has 4 rings (SSSR count). The first-order valence-electron chi connectivity index (χ1n) is 11.1. The maximum atomic E-state index is 13.0. The van der Waals surface area contributed by atoms with Crippen molar-refractivity contribution in [3.05, 3.63) is 59.2 Å². The van der Waals surface area contributed by atoms with Gasteiger partial charge in [0, 0.05) is 38.3 Å². The summed E-state index contributed by atoms with van der Waals surface area (Å²) in [5.41, 5.74) is 3.37. The number of benzene rings is 2. The van der Waals surface area contributed by atoms with E-state index in [1.165, 1.54) is 10.4 Å². The Hall–Kier alpha value is -2.75. The van der Waals surface area contributed by atoms with E-state index in [-0.39, 0.29) is 23.1 Å². The van der Waals surface area contributed by atoms with E-state index in [9.17, 15) is 18.0 Å². The minimum absolute atomic E-state index is 0.0592. The van der Waals surface area contributed by atoms with Gasteiger partial charge in [0.2, 0.25) is 21.8 Å². The van der Waals surface area contributed by atoms with Gasteiger partial charge < -0.3 is 15.0 Å². The van der Waals surface area contributed by atoms with Crippen LogP contribution in [0, 0.1) is 19.8 Å². The molecule has 0 radical (unpaired) electrons. The lowest BCUT2D eigenvalue weighted by molar-refractivity contribution is -0.128. The van der Waals surface area contributed by atoms with Gasteiger partial charge in [-0.25, -0.2) is 8.42 Å². The molecule has 0 bridgehead atoms. The fraction of sp³-hybridized carbons (Fsp3) is 0.417. The van der Waals surface area contributed by atoms with Gasteiger partial charge in [-0.3, -0.25) is 9.59 Å². The third kappa shape index (κ3) is 5.26.